The van der Waals surface area contributed by atoms with Gasteiger partial charge in [0.2, 0.25) is 0 Å². The third-order valence-corrected chi connectivity index (χ3v) is 2.26. The topological polar surface area (TPSA) is 21.3 Å². The summed E-state index contributed by atoms with van der Waals surface area (Å²) in [4.78, 5) is 0. The zero-order valence-corrected chi connectivity index (χ0v) is 9.49. The molecule has 0 aliphatic carbocycles. The van der Waals surface area contributed by atoms with Gasteiger partial charge in [0, 0.05) is 0 Å². The minimum Gasteiger partial charge on any atom is -0.417 e. The lowest BCUT2D eigenvalue weighted by Crippen LogP contribution is -2.10. The number of likely N-dealkylation sites (N-methyl/N-ethyl adjacent to an activating group) is 1. The molecule has 0 spiro atoms. The van der Waals surface area contributed by atoms with Crippen LogP contribution in [0.15, 0.2) is 24.3 Å². The molecule has 1 aromatic rings. The third kappa shape index (κ3) is 5.27. The molecule has 1 aromatic carbocycles. The van der Waals surface area contributed by atoms with Crippen molar-refractivity contribution in [1.29, 1.82) is 0 Å². The molecule has 0 bridgehead atoms. The molecule has 0 aromatic heterocycles. The van der Waals surface area contributed by atoms with E-state index in [1.54, 1.807) is 12.1 Å². The van der Waals surface area contributed by atoms with Crippen LogP contribution in [0.3, 0.4) is 0 Å². The van der Waals surface area contributed by atoms with Crippen LogP contribution in [-0.4, -0.2) is 19.1 Å². The number of nitrogens with one attached hydrogen (secondary N) is 1. The SMILES string of the molecule is CNCCc1cccc(OSC(F)(F)F)c1. The molecule has 0 aliphatic heterocycles. The summed E-state index contributed by atoms with van der Waals surface area (Å²) >= 11 is -0.496. The number of halogens is 3. The van der Waals surface area contributed by atoms with E-state index >= 15 is 0 Å². The molecule has 0 unspecified atom stereocenters. The average molecular weight is 251 g/mol. The van der Waals surface area contributed by atoms with Gasteiger partial charge < -0.3 is 9.50 Å². The summed E-state index contributed by atoms with van der Waals surface area (Å²) in [6.07, 6.45) is 0.754. The highest BCUT2D eigenvalue weighted by atomic mass is 32.2. The van der Waals surface area contributed by atoms with Gasteiger partial charge >= 0.3 is 5.51 Å². The van der Waals surface area contributed by atoms with Gasteiger partial charge in [0.25, 0.3) is 0 Å². The highest BCUT2D eigenvalue weighted by Crippen LogP contribution is 2.32. The van der Waals surface area contributed by atoms with Crippen molar-refractivity contribution >= 4 is 12.0 Å². The van der Waals surface area contributed by atoms with E-state index in [1.807, 2.05) is 13.1 Å². The first-order valence-electron chi connectivity index (χ1n) is 4.67. The van der Waals surface area contributed by atoms with Crippen molar-refractivity contribution in [3.63, 3.8) is 0 Å². The summed E-state index contributed by atoms with van der Waals surface area (Å²) in [5.41, 5.74) is -3.43. The van der Waals surface area contributed by atoms with Crippen LogP contribution in [0.2, 0.25) is 0 Å². The number of alkyl halides is 3. The molecule has 0 atom stereocenters. The first kappa shape index (κ1) is 13.2. The van der Waals surface area contributed by atoms with Gasteiger partial charge in [-0.25, -0.2) is 0 Å². The molecule has 16 heavy (non-hydrogen) atoms. The minimum absolute atomic E-state index is 0.218. The fraction of sp³-hybridized carbons (Fsp3) is 0.400. The lowest BCUT2D eigenvalue weighted by atomic mass is 10.1. The second kappa shape index (κ2) is 6.00. The van der Waals surface area contributed by atoms with Crippen molar-refractivity contribution in [2.24, 2.45) is 0 Å². The normalized spacial score (nSPS) is 11.5. The van der Waals surface area contributed by atoms with Crippen LogP contribution in [0.4, 0.5) is 13.2 Å². The average Bonchev–Trinajstić information content (AvgIpc) is 2.23. The molecule has 90 valence electrons. The summed E-state index contributed by atoms with van der Waals surface area (Å²) in [7, 11) is 1.82. The summed E-state index contributed by atoms with van der Waals surface area (Å²) in [5, 5.41) is 2.97. The van der Waals surface area contributed by atoms with E-state index in [-0.39, 0.29) is 5.75 Å². The van der Waals surface area contributed by atoms with Crippen molar-refractivity contribution < 1.29 is 17.4 Å². The molecule has 0 aliphatic rings. The van der Waals surface area contributed by atoms with E-state index in [0.29, 0.717) is 0 Å². The van der Waals surface area contributed by atoms with E-state index < -0.39 is 17.6 Å². The molecule has 0 amide bonds. The fourth-order valence-electron chi connectivity index (χ4n) is 1.12. The van der Waals surface area contributed by atoms with Crippen molar-refractivity contribution in [2.45, 2.75) is 11.9 Å². The number of hydrogen-bond donors (Lipinski definition) is 1. The Kier molecular flexibility index (Phi) is 4.95. The van der Waals surface area contributed by atoms with Crippen LogP contribution in [0.25, 0.3) is 0 Å². The van der Waals surface area contributed by atoms with E-state index in [4.69, 9.17) is 0 Å². The van der Waals surface area contributed by atoms with Crippen molar-refractivity contribution in [2.75, 3.05) is 13.6 Å². The summed E-state index contributed by atoms with van der Waals surface area (Å²) in [5.74, 6) is 0.218. The highest BCUT2D eigenvalue weighted by Gasteiger charge is 2.31. The predicted octanol–water partition coefficient (Wildman–Crippen LogP) is 3.00. The second-order valence-electron chi connectivity index (χ2n) is 3.11. The quantitative estimate of drug-likeness (QED) is 0.813. The smallest absolute Gasteiger partial charge is 0.417 e. The van der Waals surface area contributed by atoms with Gasteiger partial charge in [0.15, 0.2) is 12.0 Å². The van der Waals surface area contributed by atoms with E-state index in [9.17, 15) is 13.2 Å². The number of rotatable bonds is 5. The van der Waals surface area contributed by atoms with Crippen LogP contribution < -0.4 is 9.50 Å². The predicted molar refractivity (Wildman–Crippen MR) is 58.3 cm³/mol. The minimum atomic E-state index is -4.37. The lowest BCUT2D eigenvalue weighted by Gasteiger charge is -2.07. The first-order valence-corrected chi connectivity index (χ1v) is 5.41. The molecule has 0 saturated carbocycles. The van der Waals surface area contributed by atoms with Crippen LogP contribution in [-0.2, 0) is 6.42 Å². The Balaban J connectivity index is 2.53. The first-order chi connectivity index (χ1) is 7.51. The maximum Gasteiger partial charge on any atom is 0.479 e. The number of benzene rings is 1. The van der Waals surface area contributed by atoms with E-state index in [2.05, 4.69) is 9.50 Å². The van der Waals surface area contributed by atoms with Crippen molar-refractivity contribution in [3.8, 4) is 5.75 Å². The molecular weight excluding hydrogens is 239 g/mol. The van der Waals surface area contributed by atoms with E-state index in [0.717, 1.165) is 18.5 Å². The summed E-state index contributed by atoms with van der Waals surface area (Å²) in [6.45, 7) is 0.774. The standard InChI is InChI=1S/C10H12F3NOS/c1-14-6-5-8-3-2-4-9(7-8)15-16-10(11,12)13/h2-4,7,14H,5-6H2,1H3. The van der Waals surface area contributed by atoms with Gasteiger partial charge in [0.1, 0.15) is 5.75 Å². The van der Waals surface area contributed by atoms with Gasteiger partial charge in [-0.15, -0.1) is 0 Å². The lowest BCUT2D eigenvalue weighted by molar-refractivity contribution is -0.0369. The zero-order valence-electron chi connectivity index (χ0n) is 8.67. The summed E-state index contributed by atoms with van der Waals surface area (Å²) in [6, 6.07) is 6.64. The van der Waals surface area contributed by atoms with Gasteiger partial charge in [-0.3, -0.25) is 0 Å². The Labute approximate surface area is 96.4 Å². The Morgan fingerprint density at radius 1 is 1.38 bits per heavy atom. The Morgan fingerprint density at radius 3 is 2.75 bits per heavy atom. The Bertz CT molecular complexity index is 330. The zero-order chi connectivity index (χ0) is 12.0. The second-order valence-corrected chi connectivity index (χ2v) is 3.91. The van der Waals surface area contributed by atoms with Crippen molar-refractivity contribution in [3.05, 3.63) is 29.8 Å². The van der Waals surface area contributed by atoms with Crippen molar-refractivity contribution in [1.82, 2.24) is 5.32 Å². The Morgan fingerprint density at radius 2 is 2.12 bits per heavy atom. The summed E-state index contributed by atoms with van der Waals surface area (Å²) < 4.78 is 40.2. The highest BCUT2D eigenvalue weighted by molar-refractivity contribution is 7.95. The van der Waals surface area contributed by atoms with Crippen LogP contribution >= 0.6 is 12.0 Å². The molecule has 1 rings (SSSR count). The molecular formula is C10H12F3NOS. The fourth-order valence-corrected chi connectivity index (χ4v) is 1.41. The maximum absolute atomic E-state index is 11.9. The molecule has 6 heteroatoms. The molecule has 0 heterocycles. The van der Waals surface area contributed by atoms with Gasteiger partial charge in [0.05, 0.1) is 0 Å². The molecule has 0 radical (unpaired) electrons. The molecule has 2 nitrogen and oxygen atoms in total. The molecule has 0 fully saturated rings. The maximum atomic E-state index is 11.9. The third-order valence-electron chi connectivity index (χ3n) is 1.79. The van der Waals surface area contributed by atoms with E-state index in [1.165, 1.54) is 6.07 Å². The van der Waals surface area contributed by atoms with Crippen LogP contribution in [0.1, 0.15) is 5.56 Å². The molecule has 1 N–H and O–H groups in total. The van der Waals surface area contributed by atoms with Gasteiger partial charge in [-0.05, 0) is 37.7 Å². The monoisotopic (exact) mass is 251 g/mol. The number of hydrogen-bond acceptors (Lipinski definition) is 3. The largest absolute Gasteiger partial charge is 0.479 e. The van der Waals surface area contributed by atoms with Gasteiger partial charge in [-0.2, -0.15) is 13.2 Å². The van der Waals surface area contributed by atoms with Gasteiger partial charge in [-0.1, -0.05) is 12.1 Å². The van der Waals surface area contributed by atoms with Crippen LogP contribution in [0.5, 0.6) is 5.75 Å². The van der Waals surface area contributed by atoms with Crippen LogP contribution in [0, 0.1) is 0 Å². The Hall–Kier alpha value is -0.880. The molecule has 0 saturated heterocycles.